The molecule has 0 aromatic heterocycles. The highest BCUT2D eigenvalue weighted by Gasteiger charge is 2.21. The standard InChI is InChI=1S/C13H26N2O3/c1-11(2)10-15(5-7-17-3)13(16)8-12-9-14-4-6-18-12/h11-12,14H,4-10H2,1-3H3. The van der Waals surface area contributed by atoms with Crippen molar-refractivity contribution in [3.8, 4) is 0 Å². The van der Waals surface area contributed by atoms with E-state index in [0.29, 0.717) is 32.1 Å². The van der Waals surface area contributed by atoms with Gasteiger partial charge in [-0.1, -0.05) is 13.8 Å². The second kappa shape index (κ2) is 8.45. The van der Waals surface area contributed by atoms with Crippen LogP contribution in [-0.4, -0.2) is 63.4 Å². The summed E-state index contributed by atoms with van der Waals surface area (Å²) < 4.78 is 10.6. The third kappa shape index (κ3) is 5.80. The van der Waals surface area contributed by atoms with Gasteiger partial charge >= 0.3 is 0 Å². The lowest BCUT2D eigenvalue weighted by Gasteiger charge is -2.28. The predicted octanol–water partition coefficient (Wildman–Crippen LogP) is 0.496. The number of methoxy groups -OCH3 is 1. The van der Waals surface area contributed by atoms with E-state index in [1.54, 1.807) is 7.11 Å². The summed E-state index contributed by atoms with van der Waals surface area (Å²) in [5.41, 5.74) is 0. The second-order valence-electron chi connectivity index (χ2n) is 5.13. The molecule has 1 unspecified atom stereocenters. The molecule has 1 atom stereocenters. The number of amides is 1. The number of nitrogens with zero attached hydrogens (tertiary/aromatic N) is 1. The first kappa shape index (κ1) is 15.4. The lowest BCUT2D eigenvalue weighted by atomic mass is 10.1. The van der Waals surface area contributed by atoms with Crippen LogP contribution in [0.1, 0.15) is 20.3 Å². The molecular formula is C13H26N2O3. The Hall–Kier alpha value is -0.650. The van der Waals surface area contributed by atoms with Gasteiger partial charge in [0.25, 0.3) is 0 Å². The van der Waals surface area contributed by atoms with Crippen molar-refractivity contribution < 1.29 is 14.3 Å². The lowest BCUT2D eigenvalue weighted by molar-refractivity contribution is -0.135. The predicted molar refractivity (Wildman–Crippen MR) is 70.5 cm³/mol. The molecule has 0 spiro atoms. The van der Waals surface area contributed by atoms with Gasteiger partial charge in [-0.05, 0) is 5.92 Å². The van der Waals surface area contributed by atoms with Crippen molar-refractivity contribution >= 4 is 5.91 Å². The minimum atomic E-state index is 0.0171. The molecule has 0 aromatic carbocycles. The number of carbonyl (C=O) groups is 1. The van der Waals surface area contributed by atoms with Crippen LogP contribution in [0.3, 0.4) is 0 Å². The Balaban J connectivity index is 2.40. The van der Waals surface area contributed by atoms with Gasteiger partial charge in [0.15, 0.2) is 0 Å². The van der Waals surface area contributed by atoms with Crippen LogP contribution < -0.4 is 5.32 Å². The topological polar surface area (TPSA) is 50.8 Å². The molecule has 1 amide bonds. The van der Waals surface area contributed by atoms with Crippen molar-refractivity contribution in [1.82, 2.24) is 10.2 Å². The molecule has 5 heteroatoms. The Labute approximate surface area is 110 Å². The number of rotatable bonds is 7. The molecule has 0 radical (unpaired) electrons. The molecule has 5 nitrogen and oxygen atoms in total. The van der Waals surface area contributed by atoms with Crippen molar-refractivity contribution in [2.75, 3.05) is 46.5 Å². The summed E-state index contributed by atoms with van der Waals surface area (Å²) in [6.07, 6.45) is 0.479. The van der Waals surface area contributed by atoms with E-state index < -0.39 is 0 Å². The maximum absolute atomic E-state index is 12.2. The van der Waals surface area contributed by atoms with E-state index in [1.807, 2.05) is 4.90 Å². The average Bonchev–Trinajstić information content (AvgIpc) is 2.35. The molecule has 1 aliphatic heterocycles. The third-order valence-corrected chi connectivity index (χ3v) is 2.91. The fourth-order valence-corrected chi connectivity index (χ4v) is 2.03. The largest absolute Gasteiger partial charge is 0.383 e. The van der Waals surface area contributed by atoms with Crippen molar-refractivity contribution in [3.05, 3.63) is 0 Å². The molecule has 1 saturated heterocycles. The molecule has 1 rings (SSSR count). The van der Waals surface area contributed by atoms with Gasteiger partial charge in [-0.15, -0.1) is 0 Å². The molecule has 106 valence electrons. The number of carbonyl (C=O) groups excluding carboxylic acids is 1. The summed E-state index contributed by atoms with van der Waals surface area (Å²) in [5.74, 6) is 0.630. The van der Waals surface area contributed by atoms with Crippen LogP contribution in [0.2, 0.25) is 0 Å². The molecule has 0 aliphatic carbocycles. The van der Waals surface area contributed by atoms with Crippen LogP contribution in [0.15, 0.2) is 0 Å². The number of nitrogens with one attached hydrogen (secondary N) is 1. The molecule has 1 heterocycles. The summed E-state index contributed by atoms with van der Waals surface area (Å²) in [6, 6.07) is 0. The first-order valence-electron chi connectivity index (χ1n) is 6.72. The second-order valence-corrected chi connectivity index (χ2v) is 5.13. The smallest absolute Gasteiger partial charge is 0.225 e. The summed E-state index contributed by atoms with van der Waals surface area (Å²) in [7, 11) is 1.66. The maximum atomic E-state index is 12.2. The normalized spacial score (nSPS) is 20.1. The van der Waals surface area contributed by atoms with Gasteiger partial charge < -0.3 is 19.7 Å². The minimum Gasteiger partial charge on any atom is -0.383 e. The van der Waals surface area contributed by atoms with Gasteiger partial charge in [0, 0.05) is 33.3 Å². The quantitative estimate of drug-likeness (QED) is 0.722. The molecule has 0 aromatic rings. The number of hydrogen-bond acceptors (Lipinski definition) is 4. The first-order chi connectivity index (χ1) is 8.63. The highest BCUT2D eigenvalue weighted by Crippen LogP contribution is 2.07. The van der Waals surface area contributed by atoms with E-state index in [4.69, 9.17) is 9.47 Å². The third-order valence-electron chi connectivity index (χ3n) is 2.91. The molecule has 1 aliphatic rings. The van der Waals surface area contributed by atoms with Gasteiger partial charge in [-0.2, -0.15) is 0 Å². The van der Waals surface area contributed by atoms with Crippen LogP contribution in [-0.2, 0) is 14.3 Å². The summed E-state index contributed by atoms with van der Waals surface area (Å²) in [6.45, 7) is 8.60. The van der Waals surface area contributed by atoms with E-state index in [-0.39, 0.29) is 12.0 Å². The molecule has 0 bridgehead atoms. The van der Waals surface area contributed by atoms with Crippen LogP contribution in [0, 0.1) is 5.92 Å². The minimum absolute atomic E-state index is 0.0171. The summed E-state index contributed by atoms with van der Waals surface area (Å²) in [4.78, 5) is 14.1. The van der Waals surface area contributed by atoms with Gasteiger partial charge in [0.1, 0.15) is 0 Å². The Morgan fingerprint density at radius 1 is 1.56 bits per heavy atom. The van der Waals surface area contributed by atoms with Crippen molar-refractivity contribution in [2.24, 2.45) is 5.92 Å². The van der Waals surface area contributed by atoms with Gasteiger partial charge in [-0.3, -0.25) is 4.79 Å². The number of hydrogen-bond donors (Lipinski definition) is 1. The maximum Gasteiger partial charge on any atom is 0.225 e. The zero-order valence-corrected chi connectivity index (χ0v) is 11.8. The zero-order valence-electron chi connectivity index (χ0n) is 11.8. The van der Waals surface area contributed by atoms with Crippen LogP contribution in [0.5, 0.6) is 0 Å². The van der Waals surface area contributed by atoms with E-state index >= 15 is 0 Å². The Morgan fingerprint density at radius 3 is 2.89 bits per heavy atom. The SMILES string of the molecule is COCCN(CC(C)C)C(=O)CC1CNCCO1. The molecular weight excluding hydrogens is 232 g/mol. The Kier molecular flexibility index (Phi) is 7.23. The monoisotopic (exact) mass is 258 g/mol. The molecule has 1 N–H and O–H groups in total. The average molecular weight is 258 g/mol. The van der Waals surface area contributed by atoms with Crippen molar-refractivity contribution in [2.45, 2.75) is 26.4 Å². The molecule has 18 heavy (non-hydrogen) atoms. The highest BCUT2D eigenvalue weighted by atomic mass is 16.5. The Bertz CT molecular complexity index is 240. The van der Waals surface area contributed by atoms with E-state index in [0.717, 1.165) is 19.6 Å². The molecule has 0 saturated carbocycles. The van der Waals surface area contributed by atoms with E-state index in [9.17, 15) is 4.79 Å². The van der Waals surface area contributed by atoms with Crippen LogP contribution in [0.25, 0.3) is 0 Å². The van der Waals surface area contributed by atoms with Gasteiger partial charge in [0.05, 0.1) is 25.7 Å². The van der Waals surface area contributed by atoms with Crippen LogP contribution >= 0.6 is 0 Å². The van der Waals surface area contributed by atoms with Crippen molar-refractivity contribution in [1.29, 1.82) is 0 Å². The lowest BCUT2D eigenvalue weighted by Crippen LogP contribution is -2.44. The molecule has 1 fully saturated rings. The van der Waals surface area contributed by atoms with E-state index in [1.165, 1.54) is 0 Å². The summed E-state index contributed by atoms with van der Waals surface area (Å²) in [5, 5.41) is 3.24. The Morgan fingerprint density at radius 2 is 2.33 bits per heavy atom. The van der Waals surface area contributed by atoms with Gasteiger partial charge in [-0.25, -0.2) is 0 Å². The number of ether oxygens (including phenoxy) is 2. The fourth-order valence-electron chi connectivity index (χ4n) is 2.03. The highest BCUT2D eigenvalue weighted by molar-refractivity contribution is 5.76. The van der Waals surface area contributed by atoms with Gasteiger partial charge in [0.2, 0.25) is 5.91 Å². The fraction of sp³-hybridized carbons (Fsp3) is 0.923. The number of morpholine rings is 1. The van der Waals surface area contributed by atoms with Crippen LogP contribution in [0.4, 0.5) is 0 Å². The first-order valence-corrected chi connectivity index (χ1v) is 6.72. The summed E-state index contributed by atoms with van der Waals surface area (Å²) >= 11 is 0. The zero-order chi connectivity index (χ0) is 13.4. The van der Waals surface area contributed by atoms with E-state index in [2.05, 4.69) is 19.2 Å². The van der Waals surface area contributed by atoms with Crippen molar-refractivity contribution in [3.63, 3.8) is 0 Å².